The standard InChI is InChI=1S/C14H15F2N3O3S2/c1-8-10(9(2)19-24(21,22)18-8)7-13(20)17-11-5-3-4-6-12(11)23-14(15)16/h3-6,14,18H,7H2,1-2H3,(H,17,20). The SMILES string of the molecule is CC1=NS(=O)(=O)NC(C)=C1CC(=O)Nc1ccccc1SC(F)F. The van der Waals surface area contributed by atoms with Crippen molar-refractivity contribution in [2.24, 2.45) is 4.40 Å². The van der Waals surface area contributed by atoms with Gasteiger partial charge >= 0.3 is 10.2 Å². The first-order valence-electron chi connectivity index (χ1n) is 6.81. The predicted octanol–water partition coefficient (Wildman–Crippen LogP) is 2.91. The average Bonchev–Trinajstić information content (AvgIpc) is 2.43. The minimum atomic E-state index is -3.77. The Balaban J connectivity index is 2.14. The monoisotopic (exact) mass is 375 g/mol. The minimum absolute atomic E-state index is 0.128. The first-order valence-corrected chi connectivity index (χ1v) is 9.13. The molecule has 0 radical (unpaired) electrons. The molecular weight excluding hydrogens is 360 g/mol. The van der Waals surface area contributed by atoms with E-state index in [0.29, 0.717) is 23.0 Å². The number of halogens is 2. The Morgan fingerprint density at radius 3 is 2.62 bits per heavy atom. The second-order valence-corrected chi connectivity index (χ2v) is 7.33. The molecule has 10 heteroatoms. The van der Waals surface area contributed by atoms with E-state index in [2.05, 4.69) is 14.4 Å². The van der Waals surface area contributed by atoms with Crippen molar-refractivity contribution in [1.82, 2.24) is 4.72 Å². The highest BCUT2D eigenvalue weighted by atomic mass is 32.2. The smallest absolute Gasteiger partial charge is 0.325 e. The van der Waals surface area contributed by atoms with Crippen LogP contribution in [-0.2, 0) is 15.0 Å². The summed E-state index contributed by atoms with van der Waals surface area (Å²) >= 11 is 0.338. The molecule has 1 aliphatic heterocycles. The number of benzene rings is 1. The zero-order valence-electron chi connectivity index (χ0n) is 12.8. The van der Waals surface area contributed by atoms with Crippen LogP contribution in [0.2, 0.25) is 0 Å². The van der Waals surface area contributed by atoms with Crippen molar-refractivity contribution in [3.8, 4) is 0 Å². The van der Waals surface area contributed by atoms with Gasteiger partial charge in [-0.3, -0.25) is 9.52 Å². The van der Waals surface area contributed by atoms with E-state index in [1.54, 1.807) is 12.1 Å². The number of allylic oxidation sites excluding steroid dienone is 1. The summed E-state index contributed by atoms with van der Waals surface area (Å²) in [6, 6.07) is 6.23. The molecule has 130 valence electrons. The molecule has 2 N–H and O–H groups in total. The third-order valence-corrected chi connectivity index (χ3v) is 5.01. The number of nitrogens with zero attached hydrogens (tertiary/aromatic N) is 1. The number of carbonyl (C=O) groups is 1. The lowest BCUT2D eigenvalue weighted by molar-refractivity contribution is -0.115. The topological polar surface area (TPSA) is 87.6 Å². The van der Waals surface area contributed by atoms with Crippen LogP contribution in [0.15, 0.2) is 44.8 Å². The van der Waals surface area contributed by atoms with E-state index < -0.39 is 21.9 Å². The normalized spacial score (nSPS) is 16.6. The van der Waals surface area contributed by atoms with Crippen molar-refractivity contribution in [2.45, 2.75) is 30.9 Å². The summed E-state index contributed by atoms with van der Waals surface area (Å²) in [7, 11) is -3.77. The molecule has 1 heterocycles. The Hall–Kier alpha value is -1.94. The molecule has 0 spiro atoms. The maximum atomic E-state index is 12.5. The van der Waals surface area contributed by atoms with Crippen LogP contribution in [0.25, 0.3) is 0 Å². The number of hydrogen-bond donors (Lipinski definition) is 2. The largest absolute Gasteiger partial charge is 0.342 e. The van der Waals surface area contributed by atoms with Crippen LogP contribution in [0.4, 0.5) is 14.5 Å². The molecule has 0 saturated carbocycles. The number of nitrogens with one attached hydrogen (secondary N) is 2. The molecule has 0 fully saturated rings. The number of anilines is 1. The van der Waals surface area contributed by atoms with Crippen molar-refractivity contribution >= 4 is 39.3 Å². The Morgan fingerprint density at radius 2 is 2.00 bits per heavy atom. The van der Waals surface area contributed by atoms with Crippen molar-refractivity contribution in [3.63, 3.8) is 0 Å². The molecular formula is C14H15F2N3O3S2. The summed E-state index contributed by atoms with van der Waals surface area (Å²) in [6.45, 7) is 3.02. The molecule has 0 bridgehead atoms. The summed E-state index contributed by atoms with van der Waals surface area (Å²) in [4.78, 5) is 12.4. The van der Waals surface area contributed by atoms with Crippen molar-refractivity contribution in [2.75, 3.05) is 5.32 Å². The fraction of sp³-hybridized carbons (Fsp3) is 0.286. The van der Waals surface area contributed by atoms with Gasteiger partial charge in [0.2, 0.25) is 5.91 Å². The highest BCUT2D eigenvalue weighted by Gasteiger charge is 2.22. The number of rotatable bonds is 5. The third kappa shape index (κ3) is 4.78. The van der Waals surface area contributed by atoms with E-state index in [1.807, 2.05) is 0 Å². The van der Waals surface area contributed by atoms with Gasteiger partial charge in [0.05, 0.1) is 17.8 Å². The maximum Gasteiger partial charge on any atom is 0.342 e. The van der Waals surface area contributed by atoms with Crippen molar-refractivity contribution in [1.29, 1.82) is 0 Å². The summed E-state index contributed by atoms with van der Waals surface area (Å²) in [6.07, 6.45) is -0.128. The Kier molecular flexibility index (Phi) is 5.60. The lowest BCUT2D eigenvalue weighted by Crippen LogP contribution is -2.29. The summed E-state index contributed by atoms with van der Waals surface area (Å²) in [5.41, 5.74) is 1.25. The van der Waals surface area contributed by atoms with Gasteiger partial charge in [0.15, 0.2) is 0 Å². The van der Waals surface area contributed by atoms with E-state index in [9.17, 15) is 22.0 Å². The van der Waals surface area contributed by atoms with Crippen molar-refractivity contribution < 1.29 is 22.0 Å². The second-order valence-electron chi connectivity index (χ2n) is 4.96. The van der Waals surface area contributed by atoms with E-state index in [1.165, 1.54) is 26.0 Å². The number of carbonyl (C=O) groups excluding carboxylic acids is 1. The van der Waals surface area contributed by atoms with E-state index in [4.69, 9.17) is 0 Å². The molecule has 0 unspecified atom stereocenters. The Bertz CT molecular complexity index is 820. The van der Waals surface area contributed by atoms with Gasteiger partial charge in [-0.1, -0.05) is 23.9 Å². The quantitative estimate of drug-likeness (QED) is 0.775. The lowest BCUT2D eigenvalue weighted by atomic mass is 10.1. The number of amides is 1. The molecule has 0 aliphatic carbocycles. The fourth-order valence-corrected chi connectivity index (χ4v) is 3.79. The summed E-state index contributed by atoms with van der Waals surface area (Å²) in [5, 5.41) is 2.57. The summed E-state index contributed by atoms with van der Waals surface area (Å²) in [5.74, 6) is -3.06. The molecule has 2 rings (SSSR count). The van der Waals surface area contributed by atoms with E-state index >= 15 is 0 Å². The number of hydrogen-bond acceptors (Lipinski definition) is 4. The van der Waals surface area contributed by atoms with Gasteiger partial charge in [-0.05, 0) is 26.0 Å². The fourth-order valence-electron chi connectivity index (χ4n) is 2.17. The van der Waals surface area contributed by atoms with E-state index in [0.717, 1.165) is 0 Å². The lowest BCUT2D eigenvalue weighted by Gasteiger charge is -2.18. The molecule has 6 nitrogen and oxygen atoms in total. The number of para-hydroxylation sites is 1. The van der Waals surface area contributed by atoms with Crippen LogP contribution >= 0.6 is 11.8 Å². The van der Waals surface area contributed by atoms with Crippen LogP contribution < -0.4 is 10.0 Å². The third-order valence-electron chi connectivity index (χ3n) is 3.14. The van der Waals surface area contributed by atoms with Gasteiger partial charge in [-0.2, -0.15) is 17.2 Å². The number of alkyl halides is 2. The highest BCUT2D eigenvalue weighted by Crippen LogP contribution is 2.31. The zero-order valence-corrected chi connectivity index (χ0v) is 14.5. The molecule has 1 aliphatic rings. The first-order chi connectivity index (χ1) is 11.2. The van der Waals surface area contributed by atoms with Crippen LogP contribution in [0.5, 0.6) is 0 Å². The van der Waals surface area contributed by atoms with Crippen molar-refractivity contribution in [3.05, 3.63) is 35.5 Å². The first kappa shape index (κ1) is 18.4. The molecule has 1 amide bonds. The summed E-state index contributed by atoms with van der Waals surface area (Å²) < 4.78 is 53.7. The van der Waals surface area contributed by atoms with Gasteiger partial charge in [0.1, 0.15) is 0 Å². The van der Waals surface area contributed by atoms with Gasteiger partial charge in [-0.25, -0.2) is 0 Å². The molecule has 0 atom stereocenters. The minimum Gasteiger partial charge on any atom is -0.325 e. The highest BCUT2D eigenvalue weighted by molar-refractivity contribution is 7.99. The van der Waals surface area contributed by atoms with Gasteiger partial charge in [0.25, 0.3) is 5.76 Å². The molecule has 1 aromatic carbocycles. The van der Waals surface area contributed by atoms with Crippen LogP contribution in [0.1, 0.15) is 20.3 Å². The van der Waals surface area contributed by atoms with Crippen LogP contribution in [0, 0.1) is 0 Å². The second kappa shape index (κ2) is 7.31. The maximum absolute atomic E-state index is 12.5. The molecule has 24 heavy (non-hydrogen) atoms. The molecule has 0 saturated heterocycles. The Morgan fingerprint density at radius 1 is 1.33 bits per heavy atom. The van der Waals surface area contributed by atoms with Gasteiger partial charge in [-0.15, -0.1) is 4.40 Å². The average molecular weight is 375 g/mol. The molecule has 1 aromatic rings. The predicted molar refractivity (Wildman–Crippen MR) is 89.4 cm³/mol. The van der Waals surface area contributed by atoms with Crippen LogP contribution in [0.3, 0.4) is 0 Å². The van der Waals surface area contributed by atoms with Gasteiger partial charge < -0.3 is 5.32 Å². The zero-order chi connectivity index (χ0) is 17.9. The van der Waals surface area contributed by atoms with E-state index in [-0.39, 0.29) is 22.7 Å². The Labute approximate surface area is 142 Å². The van der Waals surface area contributed by atoms with Gasteiger partial charge in [0, 0.05) is 16.2 Å². The van der Waals surface area contributed by atoms with Crippen LogP contribution in [-0.4, -0.2) is 25.8 Å². The number of thioether (sulfide) groups is 1. The molecule has 0 aromatic heterocycles.